The molecule has 0 radical (unpaired) electrons. The van der Waals surface area contributed by atoms with Gasteiger partial charge in [-0.05, 0) is 32.8 Å². The number of aryl methyl sites for hydroxylation is 2. The van der Waals surface area contributed by atoms with Gasteiger partial charge in [-0.25, -0.2) is 4.98 Å². The second-order valence-electron chi connectivity index (χ2n) is 5.81. The van der Waals surface area contributed by atoms with Crippen molar-refractivity contribution in [3.63, 3.8) is 0 Å². The fraction of sp³-hybridized carbons (Fsp3) is 0.389. The van der Waals surface area contributed by atoms with Crippen LogP contribution in [0.15, 0.2) is 35.1 Å². The monoisotopic (exact) mass is 313 g/mol. The number of hydrogen-bond donors (Lipinski definition) is 1. The molecule has 23 heavy (non-hydrogen) atoms. The van der Waals surface area contributed by atoms with Crippen LogP contribution in [0.3, 0.4) is 0 Å². The number of nitrogens with zero attached hydrogens (tertiary/aromatic N) is 2. The SMILES string of the molecule is Cc1nc(C)c(CCC(=O)N(C)[C@@H](C)c2ccccc2)c(=O)[nH]1. The van der Waals surface area contributed by atoms with Gasteiger partial charge < -0.3 is 9.88 Å². The molecule has 0 bridgehead atoms. The van der Waals surface area contributed by atoms with Crippen LogP contribution in [0.4, 0.5) is 0 Å². The van der Waals surface area contributed by atoms with Gasteiger partial charge in [0.05, 0.1) is 6.04 Å². The Kier molecular flexibility index (Phi) is 5.32. The van der Waals surface area contributed by atoms with Crippen molar-refractivity contribution in [2.75, 3.05) is 7.05 Å². The third kappa shape index (κ3) is 4.06. The topological polar surface area (TPSA) is 66.1 Å². The number of aromatic nitrogens is 2. The van der Waals surface area contributed by atoms with Gasteiger partial charge in [0.25, 0.3) is 5.56 Å². The second kappa shape index (κ2) is 7.22. The van der Waals surface area contributed by atoms with E-state index in [9.17, 15) is 9.59 Å². The normalized spacial score (nSPS) is 12.0. The molecule has 1 N–H and O–H groups in total. The van der Waals surface area contributed by atoms with E-state index < -0.39 is 0 Å². The number of rotatable bonds is 5. The van der Waals surface area contributed by atoms with E-state index in [4.69, 9.17) is 0 Å². The first kappa shape index (κ1) is 16.9. The molecule has 0 unspecified atom stereocenters. The van der Waals surface area contributed by atoms with Crippen LogP contribution >= 0.6 is 0 Å². The number of H-pyrrole nitrogens is 1. The molecule has 0 saturated heterocycles. The van der Waals surface area contributed by atoms with Gasteiger partial charge in [-0.15, -0.1) is 0 Å². The van der Waals surface area contributed by atoms with Crippen LogP contribution in [0.5, 0.6) is 0 Å². The molecule has 1 heterocycles. The van der Waals surface area contributed by atoms with Gasteiger partial charge in [-0.2, -0.15) is 0 Å². The van der Waals surface area contributed by atoms with Crippen molar-refractivity contribution in [3.05, 3.63) is 63.3 Å². The predicted octanol–water partition coefficient (Wildman–Crippen LogP) is 2.54. The fourth-order valence-corrected chi connectivity index (χ4v) is 2.62. The molecular weight excluding hydrogens is 290 g/mol. The van der Waals surface area contributed by atoms with Crippen molar-refractivity contribution in [2.24, 2.45) is 0 Å². The van der Waals surface area contributed by atoms with Crippen LogP contribution in [0.2, 0.25) is 0 Å². The van der Waals surface area contributed by atoms with Crippen LogP contribution in [0.25, 0.3) is 0 Å². The quantitative estimate of drug-likeness (QED) is 0.922. The van der Waals surface area contributed by atoms with Crippen LogP contribution in [-0.4, -0.2) is 27.8 Å². The van der Waals surface area contributed by atoms with E-state index in [0.29, 0.717) is 29.9 Å². The minimum Gasteiger partial charge on any atom is -0.339 e. The first-order valence-corrected chi connectivity index (χ1v) is 7.77. The van der Waals surface area contributed by atoms with E-state index in [1.165, 1.54) is 0 Å². The average molecular weight is 313 g/mol. The molecule has 1 amide bonds. The van der Waals surface area contributed by atoms with E-state index >= 15 is 0 Å². The fourth-order valence-electron chi connectivity index (χ4n) is 2.62. The van der Waals surface area contributed by atoms with Crippen molar-refractivity contribution in [2.45, 2.75) is 39.7 Å². The minimum absolute atomic E-state index is 0.000718. The molecule has 0 aliphatic carbocycles. The highest BCUT2D eigenvalue weighted by Crippen LogP contribution is 2.19. The van der Waals surface area contributed by atoms with Crippen molar-refractivity contribution in [3.8, 4) is 0 Å². The summed E-state index contributed by atoms with van der Waals surface area (Å²) in [6.07, 6.45) is 0.696. The number of carbonyl (C=O) groups excluding carboxylic acids is 1. The molecule has 1 atom stereocenters. The third-order valence-electron chi connectivity index (χ3n) is 4.19. The summed E-state index contributed by atoms with van der Waals surface area (Å²) < 4.78 is 0. The Morgan fingerprint density at radius 1 is 1.26 bits per heavy atom. The third-order valence-corrected chi connectivity index (χ3v) is 4.19. The number of benzene rings is 1. The largest absolute Gasteiger partial charge is 0.339 e. The van der Waals surface area contributed by atoms with Crippen LogP contribution in [0.1, 0.15) is 42.0 Å². The molecule has 0 spiro atoms. The molecule has 0 fully saturated rings. The average Bonchev–Trinajstić information content (AvgIpc) is 2.53. The molecule has 0 saturated carbocycles. The lowest BCUT2D eigenvalue weighted by molar-refractivity contribution is -0.131. The minimum atomic E-state index is -0.151. The van der Waals surface area contributed by atoms with E-state index in [2.05, 4.69) is 9.97 Å². The van der Waals surface area contributed by atoms with Gasteiger partial charge in [0.1, 0.15) is 5.82 Å². The lowest BCUT2D eigenvalue weighted by atomic mass is 10.1. The molecule has 5 heteroatoms. The summed E-state index contributed by atoms with van der Waals surface area (Å²) in [5.41, 5.74) is 2.22. The van der Waals surface area contributed by atoms with Crippen molar-refractivity contribution >= 4 is 5.91 Å². The summed E-state index contributed by atoms with van der Waals surface area (Å²) in [7, 11) is 1.80. The Morgan fingerprint density at radius 3 is 2.52 bits per heavy atom. The molecule has 2 aromatic rings. The first-order chi connectivity index (χ1) is 10.9. The summed E-state index contributed by atoms with van der Waals surface area (Å²) in [6.45, 7) is 5.55. The van der Waals surface area contributed by atoms with Gasteiger partial charge in [-0.1, -0.05) is 30.3 Å². The van der Waals surface area contributed by atoms with E-state index in [-0.39, 0.29) is 17.5 Å². The summed E-state index contributed by atoms with van der Waals surface area (Å²) >= 11 is 0. The maximum absolute atomic E-state index is 12.4. The Balaban J connectivity index is 2.04. The summed E-state index contributed by atoms with van der Waals surface area (Å²) in [4.78, 5) is 33.1. The van der Waals surface area contributed by atoms with E-state index in [1.54, 1.807) is 25.8 Å². The molecule has 5 nitrogen and oxygen atoms in total. The molecule has 1 aromatic carbocycles. The number of amides is 1. The Morgan fingerprint density at radius 2 is 1.91 bits per heavy atom. The van der Waals surface area contributed by atoms with Gasteiger partial charge in [0.2, 0.25) is 5.91 Å². The highest BCUT2D eigenvalue weighted by Gasteiger charge is 2.18. The lowest BCUT2D eigenvalue weighted by Crippen LogP contribution is -2.30. The summed E-state index contributed by atoms with van der Waals surface area (Å²) in [6, 6.07) is 9.90. The van der Waals surface area contributed by atoms with Crippen LogP contribution in [0, 0.1) is 13.8 Å². The van der Waals surface area contributed by atoms with Crippen molar-refractivity contribution < 1.29 is 4.79 Å². The maximum atomic E-state index is 12.4. The van der Waals surface area contributed by atoms with Gasteiger partial charge in [-0.3, -0.25) is 9.59 Å². The summed E-state index contributed by atoms with van der Waals surface area (Å²) in [5, 5.41) is 0. The predicted molar refractivity (Wildman–Crippen MR) is 90.3 cm³/mol. The van der Waals surface area contributed by atoms with Crippen LogP contribution in [-0.2, 0) is 11.2 Å². The highest BCUT2D eigenvalue weighted by molar-refractivity contribution is 5.76. The zero-order valence-corrected chi connectivity index (χ0v) is 14.1. The lowest BCUT2D eigenvalue weighted by Gasteiger charge is -2.25. The Bertz CT molecular complexity index is 738. The van der Waals surface area contributed by atoms with E-state index in [0.717, 1.165) is 5.56 Å². The molecule has 0 aliphatic rings. The number of aromatic amines is 1. The molecule has 0 aliphatic heterocycles. The molecule has 122 valence electrons. The first-order valence-electron chi connectivity index (χ1n) is 7.77. The molecule has 2 rings (SSSR count). The van der Waals surface area contributed by atoms with E-state index in [1.807, 2.05) is 37.3 Å². The second-order valence-corrected chi connectivity index (χ2v) is 5.81. The molecule has 1 aromatic heterocycles. The van der Waals surface area contributed by atoms with Gasteiger partial charge in [0, 0.05) is 24.7 Å². The maximum Gasteiger partial charge on any atom is 0.254 e. The standard InChI is InChI=1S/C18H23N3O2/c1-12-16(18(23)20-14(3)19-12)10-11-17(22)21(4)13(2)15-8-6-5-7-9-15/h5-9,13H,10-11H2,1-4H3,(H,19,20,23)/t13-/m0/s1. The summed E-state index contributed by atoms with van der Waals surface area (Å²) in [5.74, 6) is 0.609. The Hall–Kier alpha value is -2.43. The van der Waals surface area contributed by atoms with Crippen LogP contribution < -0.4 is 5.56 Å². The van der Waals surface area contributed by atoms with Crippen molar-refractivity contribution in [1.82, 2.24) is 14.9 Å². The zero-order chi connectivity index (χ0) is 17.0. The smallest absolute Gasteiger partial charge is 0.254 e. The zero-order valence-electron chi connectivity index (χ0n) is 14.1. The number of hydrogen-bond acceptors (Lipinski definition) is 3. The highest BCUT2D eigenvalue weighted by atomic mass is 16.2. The van der Waals surface area contributed by atoms with Gasteiger partial charge >= 0.3 is 0 Å². The number of carbonyl (C=O) groups is 1. The van der Waals surface area contributed by atoms with Crippen molar-refractivity contribution in [1.29, 1.82) is 0 Å². The Labute approximate surface area is 136 Å². The number of nitrogens with one attached hydrogen (secondary N) is 1. The van der Waals surface area contributed by atoms with Gasteiger partial charge in [0.15, 0.2) is 0 Å². The molecular formula is C18H23N3O2.